The summed E-state index contributed by atoms with van der Waals surface area (Å²) in [5.41, 5.74) is 7.13. The van der Waals surface area contributed by atoms with Crippen molar-refractivity contribution in [2.45, 2.75) is 19.9 Å². The van der Waals surface area contributed by atoms with Crippen LogP contribution < -0.4 is 15.8 Å². The van der Waals surface area contributed by atoms with Gasteiger partial charge in [0.2, 0.25) is 0 Å². The average molecular weight is 308 g/mol. The van der Waals surface area contributed by atoms with E-state index in [1.54, 1.807) is 12.4 Å². The Bertz CT molecular complexity index is 697. The van der Waals surface area contributed by atoms with Crippen molar-refractivity contribution in [2.24, 2.45) is 0 Å². The minimum atomic E-state index is -0.0309. The molecule has 1 aliphatic heterocycles. The summed E-state index contributed by atoms with van der Waals surface area (Å²) in [6, 6.07) is 13.8. The second-order valence-corrected chi connectivity index (χ2v) is 5.33. The number of hydrogen-bond acceptors (Lipinski definition) is 4. The molecule has 0 spiro atoms. The maximum Gasteiger partial charge on any atom is 0.250 e. The molecule has 0 radical (unpaired) electrons. The Hall–Kier alpha value is -2.66. The summed E-state index contributed by atoms with van der Waals surface area (Å²) in [7, 11) is 0. The monoisotopic (exact) mass is 308 g/mol. The van der Waals surface area contributed by atoms with Gasteiger partial charge in [-0.1, -0.05) is 31.2 Å². The maximum absolute atomic E-state index is 12.5. The van der Waals surface area contributed by atoms with Gasteiger partial charge in [-0.25, -0.2) is 5.43 Å². The summed E-state index contributed by atoms with van der Waals surface area (Å²) in [5, 5.41) is 4.97. The van der Waals surface area contributed by atoms with Crippen molar-refractivity contribution >= 4 is 11.6 Å². The van der Waals surface area contributed by atoms with E-state index in [9.17, 15) is 4.79 Å². The molecule has 5 nitrogen and oxygen atoms in total. The van der Waals surface area contributed by atoms with Crippen LogP contribution in [0.5, 0.6) is 0 Å². The summed E-state index contributed by atoms with van der Waals surface area (Å²) in [4.78, 5) is 16.6. The Labute approximate surface area is 136 Å². The summed E-state index contributed by atoms with van der Waals surface area (Å²) < 4.78 is 0. The molecule has 118 valence electrons. The molecule has 23 heavy (non-hydrogen) atoms. The predicted octanol–water partition coefficient (Wildman–Crippen LogP) is 2.39. The number of carbonyl (C=O) groups is 1. The van der Waals surface area contributed by atoms with Crippen LogP contribution in [0.3, 0.4) is 0 Å². The summed E-state index contributed by atoms with van der Waals surface area (Å²) >= 11 is 0. The van der Waals surface area contributed by atoms with Gasteiger partial charge >= 0.3 is 0 Å². The second-order valence-electron chi connectivity index (χ2n) is 5.33. The van der Waals surface area contributed by atoms with Crippen LogP contribution in [0, 0.1) is 0 Å². The number of allylic oxidation sites excluding steroid dienone is 1. The number of pyridine rings is 1. The first-order valence-electron chi connectivity index (χ1n) is 7.77. The molecule has 2 aromatic rings. The number of amides is 1. The van der Waals surface area contributed by atoms with Gasteiger partial charge in [-0.05, 0) is 30.2 Å². The molecule has 2 N–H and O–H groups in total. The topological polar surface area (TPSA) is 57.3 Å². The fourth-order valence-corrected chi connectivity index (χ4v) is 2.69. The lowest BCUT2D eigenvalue weighted by Gasteiger charge is -2.21. The van der Waals surface area contributed by atoms with Gasteiger partial charge in [0, 0.05) is 31.2 Å². The molecule has 0 fully saturated rings. The maximum atomic E-state index is 12.5. The molecule has 0 bridgehead atoms. The first-order valence-corrected chi connectivity index (χ1v) is 7.77. The van der Waals surface area contributed by atoms with Crippen LogP contribution in [0.15, 0.2) is 66.1 Å². The minimum absolute atomic E-state index is 0.0309. The highest BCUT2D eigenvalue weighted by atomic mass is 16.1. The predicted molar refractivity (Wildman–Crippen MR) is 90.3 cm³/mol. The molecule has 1 aliphatic rings. The highest BCUT2D eigenvalue weighted by Gasteiger charge is 2.26. The largest absolute Gasteiger partial charge is 0.348 e. The third-order valence-electron chi connectivity index (χ3n) is 3.83. The van der Waals surface area contributed by atoms with Crippen LogP contribution in [0.4, 0.5) is 5.69 Å². The van der Waals surface area contributed by atoms with Gasteiger partial charge in [-0.3, -0.25) is 14.8 Å². The molecular formula is C18H20N4O. The van der Waals surface area contributed by atoms with Crippen LogP contribution >= 0.6 is 0 Å². The number of hydrogen-bond donors (Lipinski definition) is 2. The molecule has 1 amide bonds. The van der Waals surface area contributed by atoms with E-state index < -0.39 is 0 Å². The zero-order valence-corrected chi connectivity index (χ0v) is 13.1. The zero-order valence-electron chi connectivity index (χ0n) is 13.1. The second kappa shape index (κ2) is 7.07. The number of benzene rings is 1. The quantitative estimate of drug-likeness (QED) is 0.890. The van der Waals surface area contributed by atoms with E-state index in [0.717, 1.165) is 28.9 Å². The highest BCUT2D eigenvalue weighted by molar-refractivity contribution is 5.96. The lowest BCUT2D eigenvalue weighted by Crippen LogP contribution is -2.31. The van der Waals surface area contributed by atoms with E-state index in [4.69, 9.17) is 0 Å². The summed E-state index contributed by atoms with van der Waals surface area (Å²) in [6.07, 6.45) is 4.28. The molecule has 0 saturated heterocycles. The molecule has 5 heteroatoms. The third-order valence-corrected chi connectivity index (χ3v) is 3.83. The molecule has 0 aliphatic carbocycles. The van der Waals surface area contributed by atoms with E-state index in [-0.39, 0.29) is 5.91 Å². The molecule has 0 unspecified atom stereocenters. The van der Waals surface area contributed by atoms with Crippen molar-refractivity contribution in [3.63, 3.8) is 0 Å². The van der Waals surface area contributed by atoms with Crippen molar-refractivity contribution < 1.29 is 4.79 Å². The Balaban J connectivity index is 1.73. The third kappa shape index (κ3) is 3.40. The van der Waals surface area contributed by atoms with Crippen LogP contribution in [0.1, 0.15) is 18.9 Å². The lowest BCUT2D eigenvalue weighted by molar-refractivity contribution is -0.117. The van der Waals surface area contributed by atoms with E-state index in [2.05, 4.69) is 22.7 Å². The molecule has 0 saturated carbocycles. The van der Waals surface area contributed by atoms with Crippen molar-refractivity contribution in [1.29, 1.82) is 0 Å². The van der Waals surface area contributed by atoms with Crippen molar-refractivity contribution in [1.82, 2.24) is 15.7 Å². The van der Waals surface area contributed by atoms with E-state index in [0.29, 0.717) is 13.1 Å². The minimum Gasteiger partial charge on any atom is -0.348 e. The van der Waals surface area contributed by atoms with Gasteiger partial charge < -0.3 is 5.32 Å². The van der Waals surface area contributed by atoms with Gasteiger partial charge in [0.15, 0.2) is 0 Å². The van der Waals surface area contributed by atoms with Crippen LogP contribution in [0.2, 0.25) is 0 Å². The molecule has 1 aromatic heterocycles. The van der Waals surface area contributed by atoms with Crippen molar-refractivity contribution in [3.8, 4) is 0 Å². The summed E-state index contributed by atoms with van der Waals surface area (Å²) in [6.45, 7) is 3.09. The molecule has 1 aromatic carbocycles. The standard InChI is InChI=1S/C18H20N4O/c1-2-17-16(13-21-22(17)15-8-4-3-5-9-15)18(23)20-12-14-7-6-10-19-11-14/h3-11,21H,2,12-13H2,1H3,(H,20,23). The van der Waals surface area contributed by atoms with Crippen LogP contribution in [-0.4, -0.2) is 17.4 Å². The SMILES string of the molecule is CCC1=C(C(=O)NCc2cccnc2)CNN1c1ccccc1. The number of para-hydroxylation sites is 1. The number of nitrogens with zero attached hydrogens (tertiary/aromatic N) is 2. The zero-order chi connectivity index (χ0) is 16.1. The molecular weight excluding hydrogens is 288 g/mol. The Morgan fingerprint density at radius 2 is 2.09 bits per heavy atom. The average Bonchev–Trinajstić information content (AvgIpc) is 3.05. The molecule has 0 atom stereocenters. The Kier molecular flexibility index (Phi) is 4.68. The molecule has 2 heterocycles. The number of hydrazine groups is 1. The first-order chi connectivity index (χ1) is 11.3. The number of anilines is 1. The van der Waals surface area contributed by atoms with Gasteiger partial charge in [-0.2, -0.15) is 0 Å². The Morgan fingerprint density at radius 3 is 2.78 bits per heavy atom. The fraction of sp³-hybridized carbons (Fsp3) is 0.222. The van der Waals surface area contributed by atoms with E-state index in [1.165, 1.54) is 0 Å². The van der Waals surface area contributed by atoms with Crippen LogP contribution in [-0.2, 0) is 11.3 Å². The number of carbonyl (C=O) groups excluding carboxylic acids is 1. The normalized spacial score (nSPS) is 14.2. The lowest BCUT2D eigenvalue weighted by atomic mass is 10.1. The van der Waals surface area contributed by atoms with Gasteiger partial charge in [0.1, 0.15) is 0 Å². The van der Waals surface area contributed by atoms with E-state index in [1.807, 2.05) is 47.5 Å². The van der Waals surface area contributed by atoms with Gasteiger partial charge in [0.05, 0.1) is 11.3 Å². The van der Waals surface area contributed by atoms with Crippen molar-refractivity contribution in [3.05, 3.63) is 71.7 Å². The summed E-state index contributed by atoms with van der Waals surface area (Å²) in [5.74, 6) is -0.0309. The van der Waals surface area contributed by atoms with Crippen LogP contribution in [0.25, 0.3) is 0 Å². The van der Waals surface area contributed by atoms with E-state index >= 15 is 0 Å². The highest BCUT2D eigenvalue weighted by Crippen LogP contribution is 2.25. The van der Waals surface area contributed by atoms with Crippen molar-refractivity contribution in [2.75, 3.05) is 11.6 Å². The van der Waals surface area contributed by atoms with Gasteiger partial charge in [0.25, 0.3) is 5.91 Å². The Morgan fingerprint density at radius 1 is 1.26 bits per heavy atom. The number of aromatic nitrogens is 1. The molecule has 3 rings (SSSR count). The smallest absolute Gasteiger partial charge is 0.250 e. The first kappa shape index (κ1) is 15.2. The number of rotatable bonds is 5. The number of nitrogens with one attached hydrogen (secondary N) is 2. The van der Waals surface area contributed by atoms with Gasteiger partial charge in [-0.15, -0.1) is 0 Å². The fourth-order valence-electron chi connectivity index (χ4n) is 2.69.